The lowest BCUT2D eigenvalue weighted by Crippen LogP contribution is -2.12. The highest BCUT2D eigenvalue weighted by molar-refractivity contribution is 5.33. The van der Waals surface area contributed by atoms with Gasteiger partial charge < -0.3 is 0 Å². The topological polar surface area (TPSA) is 14.1 Å². The second-order valence-electron chi connectivity index (χ2n) is 3.39. The van der Waals surface area contributed by atoms with E-state index in [-0.39, 0.29) is 18.2 Å². The molecule has 0 saturated carbocycles. The van der Waals surface area contributed by atoms with E-state index in [0.717, 1.165) is 0 Å². The highest BCUT2D eigenvalue weighted by Gasteiger charge is 2.36. The molecule has 0 spiro atoms. The van der Waals surface area contributed by atoms with Crippen molar-refractivity contribution in [3.05, 3.63) is 34.9 Å². The molecule has 0 bridgehead atoms. The van der Waals surface area contributed by atoms with E-state index in [9.17, 15) is 26.3 Å². The molecule has 0 aliphatic rings. The average Bonchev–Trinajstić information content (AvgIpc) is 2.15. The Balaban J connectivity index is 3.29. The monoisotopic (exact) mass is 256 g/mol. The standard InChI is InChI=1S/C10H8F6N/c1-17-5-6-2-7(9(11,12)13)4-8(3-6)10(14,15)16/h2-4H,5H2,1H3. The summed E-state index contributed by atoms with van der Waals surface area (Å²) in [4.78, 5) is 0. The van der Waals surface area contributed by atoms with Crippen molar-refractivity contribution >= 4 is 0 Å². The fourth-order valence-corrected chi connectivity index (χ4v) is 1.29. The summed E-state index contributed by atoms with van der Waals surface area (Å²) in [6, 6.07) is 1.43. The highest BCUT2D eigenvalue weighted by Crippen LogP contribution is 2.36. The van der Waals surface area contributed by atoms with E-state index < -0.39 is 23.5 Å². The quantitative estimate of drug-likeness (QED) is 0.719. The molecule has 1 aromatic carbocycles. The Morgan fingerprint density at radius 1 is 0.882 bits per heavy atom. The molecule has 0 unspecified atom stereocenters. The number of halogens is 6. The highest BCUT2D eigenvalue weighted by atomic mass is 19.4. The summed E-state index contributed by atoms with van der Waals surface area (Å²) in [5, 5.41) is 3.52. The molecule has 0 heterocycles. The van der Waals surface area contributed by atoms with Crippen molar-refractivity contribution < 1.29 is 26.3 Å². The van der Waals surface area contributed by atoms with E-state index in [2.05, 4.69) is 5.32 Å². The average molecular weight is 256 g/mol. The first-order chi connectivity index (χ1) is 7.64. The van der Waals surface area contributed by atoms with Gasteiger partial charge in [0.25, 0.3) is 0 Å². The molecule has 0 aliphatic heterocycles. The van der Waals surface area contributed by atoms with Crippen LogP contribution in [-0.2, 0) is 18.9 Å². The Hall–Kier alpha value is -1.24. The van der Waals surface area contributed by atoms with E-state index in [0.29, 0.717) is 12.1 Å². The maximum absolute atomic E-state index is 12.4. The molecule has 0 fully saturated rings. The summed E-state index contributed by atoms with van der Waals surface area (Å²) in [7, 11) is 1.31. The molecule has 17 heavy (non-hydrogen) atoms. The van der Waals surface area contributed by atoms with Crippen molar-refractivity contribution in [3.63, 3.8) is 0 Å². The van der Waals surface area contributed by atoms with Gasteiger partial charge in [0.2, 0.25) is 0 Å². The third-order valence-electron chi connectivity index (χ3n) is 1.99. The van der Waals surface area contributed by atoms with Crippen molar-refractivity contribution in [1.29, 1.82) is 0 Å². The second kappa shape index (κ2) is 4.56. The van der Waals surface area contributed by atoms with Gasteiger partial charge in [-0.15, -0.1) is 0 Å². The van der Waals surface area contributed by atoms with E-state index in [1.165, 1.54) is 7.05 Å². The number of nitrogens with zero attached hydrogens (tertiary/aromatic N) is 1. The number of hydrogen-bond acceptors (Lipinski definition) is 0. The molecular weight excluding hydrogens is 248 g/mol. The molecule has 1 rings (SSSR count). The number of rotatable bonds is 2. The third-order valence-corrected chi connectivity index (χ3v) is 1.99. The zero-order chi connectivity index (χ0) is 13.3. The van der Waals surface area contributed by atoms with Crippen LogP contribution in [0.15, 0.2) is 18.2 Å². The summed E-state index contributed by atoms with van der Waals surface area (Å²) in [5.74, 6) is 0. The first-order valence-electron chi connectivity index (χ1n) is 4.48. The van der Waals surface area contributed by atoms with Gasteiger partial charge in [0.1, 0.15) is 0 Å². The van der Waals surface area contributed by atoms with Crippen molar-refractivity contribution in [2.45, 2.75) is 18.9 Å². The molecule has 1 aromatic rings. The summed E-state index contributed by atoms with van der Waals surface area (Å²) in [5.41, 5.74) is -2.74. The zero-order valence-electron chi connectivity index (χ0n) is 8.65. The second-order valence-corrected chi connectivity index (χ2v) is 3.39. The van der Waals surface area contributed by atoms with Crippen molar-refractivity contribution in [2.24, 2.45) is 0 Å². The van der Waals surface area contributed by atoms with E-state index in [1.54, 1.807) is 0 Å². The normalized spacial score (nSPS) is 12.9. The molecule has 0 saturated heterocycles. The molecule has 1 nitrogen and oxygen atoms in total. The Bertz CT molecular complexity index is 361. The van der Waals surface area contributed by atoms with Crippen LogP contribution < -0.4 is 5.32 Å². The van der Waals surface area contributed by atoms with E-state index in [1.807, 2.05) is 0 Å². The van der Waals surface area contributed by atoms with Crippen LogP contribution in [0.2, 0.25) is 0 Å². The van der Waals surface area contributed by atoms with Gasteiger partial charge in [0, 0.05) is 13.6 Å². The minimum Gasteiger partial charge on any atom is -0.240 e. The summed E-state index contributed by atoms with van der Waals surface area (Å²) in [6.45, 7) is -0.188. The van der Waals surface area contributed by atoms with Crippen LogP contribution in [0.5, 0.6) is 0 Å². The molecule has 0 aromatic heterocycles. The Labute approximate surface area is 93.4 Å². The minimum absolute atomic E-state index is 0.0964. The van der Waals surface area contributed by atoms with Crippen LogP contribution >= 0.6 is 0 Å². The van der Waals surface area contributed by atoms with Gasteiger partial charge in [0.05, 0.1) is 11.1 Å². The predicted octanol–water partition coefficient (Wildman–Crippen LogP) is 3.46. The van der Waals surface area contributed by atoms with Gasteiger partial charge in [-0.1, -0.05) is 0 Å². The SMILES string of the molecule is C[N]Cc1cc(C(F)(F)F)cc(C(F)(F)F)c1. The van der Waals surface area contributed by atoms with Crippen molar-refractivity contribution in [3.8, 4) is 0 Å². The summed E-state index contributed by atoms with van der Waals surface area (Å²) < 4.78 is 74.3. The van der Waals surface area contributed by atoms with Crippen LogP contribution in [0.25, 0.3) is 0 Å². The van der Waals surface area contributed by atoms with Crippen molar-refractivity contribution in [1.82, 2.24) is 5.32 Å². The molecule has 0 amide bonds. The van der Waals surface area contributed by atoms with Gasteiger partial charge in [-0.3, -0.25) is 0 Å². The zero-order valence-corrected chi connectivity index (χ0v) is 8.65. The lowest BCUT2D eigenvalue weighted by atomic mass is 10.0. The fourth-order valence-electron chi connectivity index (χ4n) is 1.29. The minimum atomic E-state index is -4.80. The largest absolute Gasteiger partial charge is 0.416 e. The van der Waals surface area contributed by atoms with Crippen LogP contribution in [0.4, 0.5) is 26.3 Å². The van der Waals surface area contributed by atoms with Crippen LogP contribution in [0.3, 0.4) is 0 Å². The Morgan fingerprint density at radius 2 is 1.29 bits per heavy atom. The molecule has 95 valence electrons. The van der Waals surface area contributed by atoms with E-state index >= 15 is 0 Å². The molecule has 0 aliphatic carbocycles. The Kier molecular flexibility index (Phi) is 3.71. The van der Waals surface area contributed by atoms with Crippen LogP contribution in [0, 0.1) is 0 Å². The molecule has 7 heteroatoms. The van der Waals surface area contributed by atoms with Gasteiger partial charge in [-0.2, -0.15) is 26.3 Å². The Morgan fingerprint density at radius 3 is 1.59 bits per heavy atom. The lowest BCUT2D eigenvalue weighted by molar-refractivity contribution is -0.143. The van der Waals surface area contributed by atoms with E-state index in [4.69, 9.17) is 0 Å². The third kappa shape index (κ3) is 3.62. The van der Waals surface area contributed by atoms with Crippen LogP contribution in [-0.4, -0.2) is 7.05 Å². The van der Waals surface area contributed by atoms with Crippen LogP contribution in [0.1, 0.15) is 16.7 Å². The maximum Gasteiger partial charge on any atom is 0.416 e. The first-order valence-corrected chi connectivity index (χ1v) is 4.48. The fraction of sp³-hybridized carbons (Fsp3) is 0.400. The summed E-state index contributed by atoms with van der Waals surface area (Å²) >= 11 is 0. The van der Waals surface area contributed by atoms with Gasteiger partial charge in [0.15, 0.2) is 0 Å². The number of benzene rings is 1. The molecule has 0 N–H and O–H groups in total. The van der Waals surface area contributed by atoms with Gasteiger partial charge in [-0.25, -0.2) is 5.32 Å². The molecule has 1 radical (unpaired) electrons. The molecular formula is C10H8F6N. The van der Waals surface area contributed by atoms with Crippen molar-refractivity contribution in [2.75, 3.05) is 7.05 Å². The lowest BCUT2D eigenvalue weighted by Gasteiger charge is -2.13. The van der Waals surface area contributed by atoms with Gasteiger partial charge >= 0.3 is 12.4 Å². The smallest absolute Gasteiger partial charge is 0.240 e. The maximum atomic E-state index is 12.4. The number of hydrogen-bond donors (Lipinski definition) is 0. The summed E-state index contributed by atoms with van der Waals surface area (Å²) in [6.07, 6.45) is -9.60. The predicted molar refractivity (Wildman–Crippen MR) is 48.2 cm³/mol. The first kappa shape index (κ1) is 13.8. The molecule has 0 atom stereocenters. The number of alkyl halides is 6. The van der Waals surface area contributed by atoms with Gasteiger partial charge in [-0.05, 0) is 23.8 Å².